The summed E-state index contributed by atoms with van der Waals surface area (Å²) in [6.45, 7) is 12.7. The lowest BCUT2D eigenvalue weighted by Crippen LogP contribution is -2.55. The number of primary amides is 1. The maximum absolute atomic E-state index is 11.5. The summed E-state index contributed by atoms with van der Waals surface area (Å²) in [6.07, 6.45) is 1.51. The Morgan fingerprint density at radius 3 is 2.24 bits per heavy atom. The fraction of sp³-hybridized carbons (Fsp3) is 0.923. The van der Waals surface area contributed by atoms with Crippen LogP contribution in [-0.2, 0) is 9.53 Å². The molecule has 0 aromatic heterocycles. The number of carbonyl (C=O) groups is 1. The number of amides is 1. The Kier molecular flexibility index (Phi) is 6.13. The van der Waals surface area contributed by atoms with Crippen LogP contribution in [0.4, 0.5) is 0 Å². The van der Waals surface area contributed by atoms with Crippen molar-refractivity contribution in [3.8, 4) is 0 Å². The molecule has 0 rings (SSSR count). The van der Waals surface area contributed by atoms with Gasteiger partial charge in [0.1, 0.15) is 0 Å². The Labute approximate surface area is 105 Å². The maximum atomic E-state index is 11.5. The normalized spacial score (nSPS) is 17.5. The Balaban J connectivity index is 4.52. The van der Waals surface area contributed by atoms with Crippen LogP contribution in [0.1, 0.15) is 54.4 Å². The van der Waals surface area contributed by atoms with Crippen molar-refractivity contribution in [3.63, 3.8) is 0 Å². The highest BCUT2D eigenvalue weighted by Gasteiger charge is 2.33. The van der Waals surface area contributed by atoms with Crippen molar-refractivity contribution in [1.82, 2.24) is 5.32 Å². The zero-order chi connectivity index (χ0) is 13.7. The van der Waals surface area contributed by atoms with Crippen molar-refractivity contribution in [3.05, 3.63) is 0 Å². The van der Waals surface area contributed by atoms with Crippen molar-refractivity contribution in [2.75, 3.05) is 6.54 Å². The van der Waals surface area contributed by atoms with Gasteiger partial charge in [0.15, 0.2) is 0 Å². The van der Waals surface area contributed by atoms with Crippen LogP contribution in [0.2, 0.25) is 0 Å². The van der Waals surface area contributed by atoms with Crippen LogP contribution >= 0.6 is 0 Å². The first-order valence-electron chi connectivity index (χ1n) is 6.39. The average Bonchev–Trinajstić information content (AvgIpc) is 2.16. The smallest absolute Gasteiger partial charge is 0.237 e. The van der Waals surface area contributed by atoms with E-state index in [4.69, 9.17) is 10.5 Å². The third-order valence-corrected chi connectivity index (χ3v) is 3.18. The van der Waals surface area contributed by atoms with E-state index in [0.717, 1.165) is 6.42 Å². The average molecular weight is 244 g/mol. The van der Waals surface area contributed by atoms with Crippen LogP contribution in [0.25, 0.3) is 0 Å². The molecular formula is C13H28N2O2. The molecule has 4 heteroatoms. The highest BCUT2D eigenvalue weighted by molar-refractivity contribution is 5.84. The lowest BCUT2D eigenvalue weighted by atomic mass is 9.93. The lowest BCUT2D eigenvalue weighted by Gasteiger charge is -2.34. The van der Waals surface area contributed by atoms with Crippen LogP contribution < -0.4 is 11.1 Å². The van der Waals surface area contributed by atoms with Gasteiger partial charge in [0.25, 0.3) is 0 Å². The van der Waals surface area contributed by atoms with Gasteiger partial charge in [-0.1, -0.05) is 13.8 Å². The van der Waals surface area contributed by atoms with E-state index in [1.165, 1.54) is 0 Å². The van der Waals surface area contributed by atoms with E-state index in [2.05, 4.69) is 26.1 Å². The third kappa shape index (κ3) is 5.50. The molecule has 0 aliphatic heterocycles. The van der Waals surface area contributed by atoms with Gasteiger partial charge in [0, 0.05) is 6.42 Å². The van der Waals surface area contributed by atoms with Crippen LogP contribution in [0.5, 0.6) is 0 Å². The van der Waals surface area contributed by atoms with Crippen molar-refractivity contribution >= 4 is 5.91 Å². The summed E-state index contributed by atoms with van der Waals surface area (Å²) in [5, 5.41) is 3.14. The summed E-state index contributed by atoms with van der Waals surface area (Å²) >= 11 is 0. The molecule has 17 heavy (non-hydrogen) atoms. The number of nitrogens with one attached hydrogen (secondary N) is 1. The van der Waals surface area contributed by atoms with Gasteiger partial charge < -0.3 is 15.8 Å². The Morgan fingerprint density at radius 2 is 1.88 bits per heavy atom. The minimum Gasteiger partial charge on any atom is -0.373 e. The molecule has 0 aromatic rings. The lowest BCUT2D eigenvalue weighted by molar-refractivity contribution is -0.128. The minimum absolute atomic E-state index is 0.0125. The van der Waals surface area contributed by atoms with Crippen LogP contribution in [-0.4, -0.2) is 29.7 Å². The topological polar surface area (TPSA) is 64.3 Å². The van der Waals surface area contributed by atoms with Gasteiger partial charge in [-0.05, 0) is 40.7 Å². The second-order valence-electron chi connectivity index (χ2n) is 5.47. The molecule has 0 aliphatic carbocycles. The van der Waals surface area contributed by atoms with Gasteiger partial charge in [-0.2, -0.15) is 0 Å². The van der Waals surface area contributed by atoms with Crippen molar-refractivity contribution in [2.45, 2.75) is 71.6 Å². The fourth-order valence-electron chi connectivity index (χ4n) is 1.89. The van der Waals surface area contributed by atoms with Gasteiger partial charge >= 0.3 is 0 Å². The SMILES string of the molecule is CCNC(C)(CC(C)OC(C)(C)CC)C(N)=O. The van der Waals surface area contributed by atoms with Gasteiger partial charge in [-0.25, -0.2) is 0 Å². The molecule has 0 radical (unpaired) electrons. The van der Waals surface area contributed by atoms with E-state index in [1.54, 1.807) is 0 Å². The van der Waals surface area contributed by atoms with Gasteiger partial charge in [0.05, 0.1) is 17.2 Å². The summed E-state index contributed by atoms with van der Waals surface area (Å²) in [7, 11) is 0. The molecule has 0 aliphatic rings. The molecular weight excluding hydrogens is 216 g/mol. The van der Waals surface area contributed by atoms with Crippen molar-refractivity contribution < 1.29 is 9.53 Å². The predicted molar refractivity (Wildman–Crippen MR) is 70.8 cm³/mol. The zero-order valence-electron chi connectivity index (χ0n) is 12.1. The monoisotopic (exact) mass is 244 g/mol. The van der Waals surface area contributed by atoms with Crippen LogP contribution in [0.3, 0.4) is 0 Å². The molecule has 0 saturated heterocycles. The highest BCUT2D eigenvalue weighted by Crippen LogP contribution is 2.21. The van der Waals surface area contributed by atoms with Gasteiger partial charge in [0.2, 0.25) is 5.91 Å². The molecule has 0 aromatic carbocycles. The molecule has 2 atom stereocenters. The number of nitrogens with two attached hydrogens (primary N) is 1. The number of carbonyl (C=O) groups excluding carboxylic acids is 1. The highest BCUT2D eigenvalue weighted by atomic mass is 16.5. The molecule has 1 amide bonds. The Morgan fingerprint density at radius 1 is 1.35 bits per heavy atom. The summed E-state index contributed by atoms with van der Waals surface area (Å²) in [4.78, 5) is 11.5. The fourth-order valence-corrected chi connectivity index (χ4v) is 1.89. The van der Waals surface area contributed by atoms with E-state index < -0.39 is 5.54 Å². The van der Waals surface area contributed by atoms with Gasteiger partial charge in [-0.15, -0.1) is 0 Å². The Bertz CT molecular complexity index is 254. The first-order valence-corrected chi connectivity index (χ1v) is 6.39. The quantitative estimate of drug-likeness (QED) is 0.684. The van der Waals surface area contributed by atoms with Crippen molar-refractivity contribution in [2.24, 2.45) is 5.73 Å². The molecule has 2 unspecified atom stereocenters. The van der Waals surface area contributed by atoms with E-state index in [9.17, 15) is 4.79 Å². The van der Waals surface area contributed by atoms with E-state index in [-0.39, 0.29) is 17.6 Å². The van der Waals surface area contributed by atoms with Gasteiger partial charge in [-0.3, -0.25) is 4.79 Å². The number of ether oxygens (including phenoxy) is 1. The maximum Gasteiger partial charge on any atom is 0.237 e. The molecule has 0 spiro atoms. The summed E-state index contributed by atoms with van der Waals surface area (Å²) in [6, 6.07) is 0. The molecule has 3 N–H and O–H groups in total. The first kappa shape index (κ1) is 16.4. The summed E-state index contributed by atoms with van der Waals surface area (Å²) in [5.74, 6) is -0.330. The third-order valence-electron chi connectivity index (χ3n) is 3.18. The number of likely N-dealkylation sites (N-methyl/N-ethyl adjacent to an activating group) is 1. The second-order valence-corrected chi connectivity index (χ2v) is 5.47. The van der Waals surface area contributed by atoms with E-state index in [0.29, 0.717) is 13.0 Å². The molecule has 0 saturated carbocycles. The Hall–Kier alpha value is -0.610. The number of hydrogen-bond acceptors (Lipinski definition) is 3. The van der Waals surface area contributed by atoms with Crippen LogP contribution in [0.15, 0.2) is 0 Å². The minimum atomic E-state index is -0.696. The molecule has 4 nitrogen and oxygen atoms in total. The standard InChI is InChI=1S/C13H28N2O2/c1-7-12(4,5)17-10(3)9-13(6,11(14)16)15-8-2/h10,15H,7-9H2,1-6H3,(H2,14,16). The summed E-state index contributed by atoms with van der Waals surface area (Å²) in [5.41, 5.74) is 4.59. The molecule has 0 heterocycles. The largest absolute Gasteiger partial charge is 0.373 e. The van der Waals surface area contributed by atoms with Crippen LogP contribution in [0, 0.1) is 0 Å². The molecule has 102 valence electrons. The van der Waals surface area contributed by atoms with E-state index in [1.807, 2.05) is 20.8 Å². The summed E-state index contributed by atoms with van der Waals surface area (Å²) < 4.78 is 5.93. The number of rotatable bonds is 8. The van der Waals surface area contributed by atoms with E-state index >= 15 is 0 Å². The zero-order valence-corrected chi connectivity index (χ0v) is 12.1. The van der Waals surface area contributed by atoms with Crippen molar-refractivity contribution in [1.29, 1.82) is 0 Å². The first-order chi connectivity index (χ1) is 7.67. The predicted octanol–water partition coefficient (Wildman–Crippen LogP) is 1.82. The molecule has 0 bridgehead atoms. The second kappa shape index (κ2) is 6.36. The number of hydrogen-bond donors (Lipinski definition) is 2. The molecule has 0 fully saturated rings.